The fourth-order valence-corrected chi connectivity index (χ4v) is 8.67. The summed E-state index contributed by atoms with van der Waals surface area (Å²) in [7, 11) is 0. The minimum Gasteiger partial charge on any atom is -0.494 e. The third-order valence-corrected chi connectivity index (χ3v) is 11.1. The van der Waals surface area contributed by atoms with Gasteiger partial charge in [0.15, 0.2) is 0 Å². The molecule has 0 aromatic heterocycles. The summed E-state index contributed by atoms with van der Waals surface area (Å²) in [5.41, 5.74) is 4.08. The van der Waals surface area contributed by atoms with Gasteiger partial charge in [0, 0.05) is 0 Å². The minimum atomic E-state index is 0.219. The van der Waals surface area contributed by atoms with Crippen molar-refractivity contribution in [1.29, 1.82) is 0 Å². The summed E-state index contributed by atoms with van der Waals surface area (Å²) in [6.07, 6.45) is 15.9. The second-order valence-corrected chi connectivity index (χ2v) is 13.1. The van der Waals surface area contributed by atoms with Gasteiger partial charge in [0.25, 0.3) is 0 Å². The fraction of sp³-hybridized carbons (Fsp3) is 0.625. The van der Waals surface area contributed by atoms with Gasteiger partial charge in [-0.1, -0.05) is 115 Å². The molecule has 1 heterocycles. The molecule has 0 bridgehead atoms. The maximum atomic E-state index is 5.98. The van der Waals surface area contributed by atoms with Crippen molar-refractivity contribution in [3.8, 4) is 16.9 Å². The van der Waals surface area contributed by atoms with Gasteiger partial charge in [-0.3, -0.25) is 0 Å². The molecule has 194 valence electrons. The molecule has 0 radical (unpaired) electrons. The normalized spacial score (nSPS) is 16.2. The maximum Gasteiger partial charge on any atom is 0.119 e. The van der Waals surface area contributed by atoms with Crippen LogP contribution in [0, 0.1) is 5.92 Å². The van der Waals surface area contributed by atoms with Gasteiger partial charge >= 0.3 is 0 Å². The van der Waals surface area contributed by atoms with Gasteiger partial charge in [0.2, 0.25) is 0 Å². The minimum absolute atomic E-state index is 0.219. The summed E-state index contributed by atoms with van der Waals surface area (Å²) in [5, 5.41) is 0. The van der Waals surface area contributed by atoms with E-state index >= 15 is 0 Å². The first-order chi connectivity index (χ1) is 17.2. The molecule has 0 amide bonds. The van der Waals surface area contributed by atoms with Gasteiger partial charge in [0.1, 0.15) is 5.75 Å². The number of thioether (sulfide) groups is 2. The van der Waals surface area contributed by atoms with E-state index in [9.17, 15) is 0 Å². The Balaban J connectivity index is 1.57. The topological polar surface area (TPSA) is 9.23 Å². The van der Waals surface area contributed by atoms with Crippen LogP contribution in [0.15, 0.2) is 48.5 Å². The lowest BCUT2D eigenvalue weighted by Crippen LogP contribution is -2.30. The van der Waals surface area contributed by atoms with Gasteiger partial charge in [-0.25, -0.2) is 0 Å². The average molecular weight is 513 g/mol. The number of unbranched alkanes of at least 4 members (excludes halogenated alkanes) is 8. The van der Waals surface area contributed by atoms with Crippen molar-refractivity contribution in [2.45, 2.75) is 102 Å². The molecule has 3 heteroatoms. The molecule has 1 aliphatic heterocycles. The number of ether oxygens (including phenoxy) is 1. The van der Waals surface area contributed by atoms with Crippen molar-refractivity contribution in [2.75, 3.05) is 18.1 Å². The van der Waals surface area contributed by atoms with Crippen molar-refractivity contribution in [3.63, 3.8) is 0 Å². The second kappa shape index (κ2) is 15.9. The fourth-order valence-electron chi connectivity index (χ4n) is 5.06. The van der Waals surface area contributed by atoms with Crippen LogP contribution >= 0.6 is 23.5 Å². The molecule has 1 nitrogen and oxygen atoms in total. The van der Waals surface area contributed by atoms with Crippen LogP contribution in [-0.2, 0) is 4.08 Å². The summed E-state index contributed by atoms with van der Waals surface area (Å²) < 4.78 is 6.20. The van der Waals surface area contributed by atoms with E-state index in [1.165, 1.54) is 98.8 Å². The van der Waals surface area contributed by atoms with Gasteiger partial charge in [-0.2, -0.15) is 0 Å². The molecule has 0 N–H and O–H groups in total. The van der Waals surface area contributed by atoms with Crippen LogP contribution in [0.1, 0.15) is 103 Å². The van der Waals surface area contributed by atoms with E-state index in [1.54, 1.807) is 0 Å². The average Bonchev–Trinajstić information content (AvgIpc) is 2.91. The van der Waals surface area contributed by atoms with E-state index in [-0.39, 0.29) is 4.08 Å². The third kappa shape index (κ3) is 8.78. The molecule has 2 aromatic carbocycles. The molecule has 0 aliphatic carbocycles. The Hall–Kier alpha value is -1.06. The molecule has 1 saturated heterocycles. The van der Waals surface area contributed by atoms with E-state index < -0.39 is 0 Å². The summed E-state index contributed by atoms with van der Waals surface area (Å²) in [6.45, 7) is 7.89. The lowest BCUT2D eigenvalue weighted by Gasteiger charge is -2.41. The van der Waals surface area contributed by atoms with Crippen LogP contribution in [0.25, 0.3) is 11.1 Å². The smallest absolute Gasteiger partial charge is 0.119 e. The van der Waals surface area contributed by atoms with E-state index in [0.717, 1.165) is 18.8 Å². The van der Waals surface area contributed by atoms with E-state index in [1.807, 2.05) is 0 Å². The zero-order valence-electron chi connectivity index (χ0n) is 22.5. The first-order valence-corrected chi connectivity index (χ1v) is 16.3. The number of rotatable bonds is 16. The zero-order valence-corrected chi connectivity index (χ0v) is 24.2. The molecule has 0 unspecified atom stereocenters. The number of benzene rings is 2. The highest BCUT2D eigenvalue weighted by Gasteiger charge is 2.40. The summed E-state index contributed by atoms with van der Waals surface area (Å²) in [5.74, 6) is 4.26. The summed E-state index contributed by atoms with van der Waals surface area (Å²) in [6, 6.07) is 18.2. The van der Waals surface area contributed by atoms with E-state index in [2.05, 4.69) is 92.8 Å². The van der Waals surface area contributed by atoms with Crippen LogP contribution in [0.3, 0.4) is 0 Å². The van der Waals surface area contributed by atoms with Crippen LogP contribution in [0.5, 0.6) is 5.75 Å². The van der Waals surface area contributed by atoms with Crippen LogP contribution in [-0.4, -0.2) is 18.1 Å². The molecule has 0 saturated carbocycles. The number of hydrogen-bond acceptors (Lipinski definition) is 3. The van der Waals surface area contributed by atoms with Gasteiger partial charge < -0.3 is 4.74 Å². The van der Waals surface area contributed by atoms with Gasteiger partial charge in [-0.05, 0) is 65.5 Å². The highest BCUT2D eigenvalue weighted by Crippen LogP contribution is 2.56. The lowest BCUT2D eigenvalue weighted by molar-refractivity contribution is 0.304. The van der Waals surface area contributed by atoms with Crippen LogP contribution in [0.2, 0.25) is 0 Å². The lowest BCUT2D eigenvalue weighted by atomic mass is 9.92. The molecule has 1 aliphatic rings. The summed E-state index contributed by atoms with van der Waals surface area (Å²) >= 11 is 4.40. The SMILES string of the molecule is CCCCCCCCOc1ccc(-c2ccc(C3([C@H](C)CCCCCC)SCCCS3)cc2)cc1. The molecular formula is C32H48OS2. The molecule has 3 rings (SSSR count). The molecule has 35 heavy (non-hydrogen) atoms. The monoisotopic (exact) mass is 512 g/mol. The largest absolute Gasteiger partial charge is 0.494 e. The van der Waals surface area contributed by atoms with Crippen molar-refractivity contribution < 1.29 is 4.74 Å². The highest BCUT2D eigenvalue weighted by molar-refractivity contribution is 8.18. The van der Waals surface area contributed by atoms with Crippen LogP contribution in [0.4, 0.5) is 0 Å². The Morgan fingerprint density at radius 3 is 1.89 bits per heavy atom. The molecule has 1 atom stereocenters. The van der Waals surface area contributed by atoms with E-state index in [4.69, 9.17) is 4.74 Å². The van der Waals surface area contributed by atoms with Crippen LogP contribution < -0.4 is 4.74 Å². The van der Waals surface area contributed by atoms with Crippen molar-refractivity contribution >= 4 is 23.5 Å². The first kappa shape index (κ1) is 28.5. The quantitative estimate of drug-likeness (QED) is 0.207. The molecular weight excluding hydrogens is 464 g/mol. The standard InChI is InChI=1S/C32H48OS2/c1-4-6-8-10-11-13-24-33-31-22-18-29(19-23-31)28-16-20-30(21-17-28)32(34-25-14-26-35-32)27(3)15-12-9-7-5-2/h16-23,27H,4-15,24-26H2,1-3H3/t27-/m1/s1. The Morgan fingerprint density at radius 1 is 0.714 bits per heavy atom. The Labute approximate surface area is 224 Å². The zero-order chi connectivity index (χ0) is 24.8. The van der Waals surface area contributed by atoms with Gasteiger partial charge in [0.05, 0.1) is 10.7 Å². The van der Waals surface area contributed by atoms with Crippen molar-refractivity contribution in [1.82, 2.24) is 0 Å². The molecule has 0 spiro atoms. The Kier molecular flexibility index (Phi) is 13.0. The molecule has 2 aromatic rings. The predicted molar refractivity (Wildman–Crippen MR) is 160 cm³/mol. The first-order valence-electron chi connectivity index (χ1n) is 14.3. The predicted octanol–water partition coefficient (Wildman–Crippen LogP) is 10.7. The Bertz CT molecular complexity index is 808. The maximum absolute atomic E-state index is 5.98. The molecule has 1 fully saturated rings. The second-order valence-electron chi connectivity index (χ2n) is 10.2. The van der Waals surface area contributed by atoms with Crippen molar-refractivity contribution in [2.24, 2.45) is 5.92 Å². The van der Waals surface area contributed by atoms with Gasteiger partial charge in [-0.15, -0.1) is 23.5 Å². The third-order valence-electron chi connectivity index (χ3n) is 7.30. The highest BCUT2D eigenvalue weighted by atomic mass is 32.2. The van der Waals surface area contributed by atoms with E-state index in [0.29, 0.717) is 5.92 Å². The van der Waals surface area contributed by atoms with Crippen molar-refractivity contribution in [3.05, 3.63) is 54.1 Å². The number of hydrogen-bond donors (Lipinski definition) is 0. The summed E-state index contributed by atoms with van der Waals surface area (Å²) in [4.78, 5) is 0. The Morgan fingerprint density at radius 2 is 1.26 bits per heavy atom.